The van der Waals surface area contributed by atoms with Crippen LogP contribution in [-0.4, -0.2) is 25.9 Å². The van der Waals surface area contributed by atoms with E-state index in [1.54, 1.807) is 0 Å². The summed E-state index contributed by atoms with van der Waals surface area (Å²) in [4.78, 5) is 0. The molecule has 1 aromatic rings. The summed E-state index contributed by atoms with van der Waals surface area (Å²) in [5, 5.41) is 0. The van der Waals surface area contributed by atoms with Crippen molar-refractivity contribution in [1.82, 2.24) is 0 Å². The van der Waals surface area contributed by atoms with Gasteiger partial charge in [-0.15, -0.1) is 0 Å². The molecule has 3 heteroatoms. The van der Waals surface area contributed by atoms with Crippen molar-refractivity contribution in [2.24, 2.45) is 5.73 Å². The summed E-state index contributed by atoms with van der Waals surface area (Å²) in [6.45, 7) is 8.30. The standard InChI is InChI=1S/C16H27NO2/c1-4-13(3)15-8-6-7-9-16(15)19-11-10-14(12-17)18-5-2/h6-9,13-14H,4-5,10-12,17H2,1-3H3. The van der Waals surface area contributed by atoms with Crippen LogP contribution in [0, 0.1) is 0 Å². The molecule has 2 unspecified atom stereocenters. The zero-order valence-corrected chi connectivity index (χ0v) is 12.4. The van der Waals surface area contributed by atoms with Crippen molar-refractivity contribution in [2.45, 2.75) is 45.6 Å². The van der Waals surface area contributed by atoms with E-state index in [1.807, 2.05) is 19.1 Å². The first-order chi connectivity index (χ1) is 9.22. The Morgan fingerprint density at radius 3 is 2.58 bits per heavy atom. The maximum atomic E-state index is 5.90. The Bertz CT molecular complexity index is 354. The summed E-state index contributed by atoms with van der Waals surface area (Å²) in [6.07, 6.45) is 2.05. The zero-order chi connectivity index (χ0) is 14.1. The molecular formula is C16H27NO2. The van der Waals surface area contributed by atoms with E-state index in [2.05, 4.69) is 26.0 Å². The number of benzene rings is 1. The third kappa shape index (κ3) is 5.21. The molecule has 108 valence electrons. The predicted octanol–water partition coefficient (Wildman–Crippen LogP) is 3.33. The van der Waals surface area contributed by atoms with E-state index in [0.29, 0.717) is 25.7 Å². The van der Waals surface area contributed by atoms with E-state index in [-0.39, 0.29) is 6.10 Å². The van der Waals surface area contributed by atoms with Crippen molar-refractivity contribution >= 4 is 0 Å². The minimum Gasteiger partial charge on any atom is -0.493 e. The molecule has 3 nitrogen and oxygen atoms in total. The molecule has 0 saturated heterocycles. The monoisotopic (exact) mass is 265 g/mol. The molecule has 2 atom stereocenters. The largest absolute Gasteiger partial charge is 0.493 e. The van der Waals surface area contributed by atoms with Crippen molar-refractivity contribution in [1.29, 1.82) is 0 Å². The third-order valence-corrected chi connectivity index (χ3v) is 3.42. The van der Waals surface area contributed by atoms with E-state index in [1.165, 1.54) is 5.56 Å². The average Bonchev–Trinajstić information content (AvgIpc) is 2.46. The van der Waals surface area contributed by atoms with Crippen LogP contribution in [0.4, 0.5) is 0 Å². The van der Waals surface area contributed by atoms with Crippen LogP contribution >= 0.6 is 0 Å². The van der Waals surface area contributed by atoms with Crippen LogP contribution in [0.1, 0.15) is 45.1 Å². The van der Waals surface area contributed by atoms with Gasteiger partial charge in [-0.05, 0) is 30.9 Å². The molecule has 19 heavy (non-hydrogen) atoms. The maximum Gasteiger partial charge on any atom is 0.122 e. The lowest BCUT2D eigenvalue weighted by atomic mass is 9.98. The van der Waals surface area contributed by atoms with Crippen molar-refractivity contribution in [2.75, 3.05) is 19.8 Å². The number of nitrogens with two attached hydrogens (primary N) is 1. The molecule has 0 fully saturated rings. The highest BCUT2D eigenvalue weighted by atomic mass is 16.5. The van der Waals surface area contributed by atoms with E-state index in [0.717, 1.165) is 18.6 Å². The van der Waals surface area contributed by atoms with Crippen LogP contribution in [0.25, 0.3) is 0 Å². The second-order valence-electron chi connectivity index (χ2n) is 4.80. The van der Waals surface area contributed by atoms with Gasteiger partial charge in [0.2, 0.25) is 0 Å². The highest BCUT2D eigenvalue weighted by Crippen LogP contribution is 2.28. The van der Waals surface area contributed by atoms with Crippen molar-refractivity contribution < 1.29 is 9.47 Å². The van der Waals surface area contributed by atoms with Gasteiger partial charge >= 0.3 is 0 Å². The lowest BCUT2D eigenvalue weighted by molar-refractivity contribution is 0.0525. The first kappa shape index (κ1) is 16.0. The van der Waals surface area contributed by atoms with Crippen LogP contribution in [0.2, 0.25) is 0 Å². The SMILES string of the molecule is CCOC(CN)CCOc1ccccc1C(C)CC. The second-order valence-corrected chi connectivity index (χ2v) is 4.80. The summed E-state index contributed by atoms with van der Waals surface area (Å²) in [5.41, 5.74) is 6.94. The molecule has 0 amide bonds. The maximum absolute atomic E-state index is 5.90. The van der Waals surface area contributed by atoms with Gasteiger partial charge in [-0.2, -0.15) is 0 Å². The van der Waals surface area contributed by atoms with Crippen LogP contribution in [0.15, 0.2) is 24.3 Å². The zero-order valence-electron chi connectivity index (χ0n) is 12.4. The fraction of sp³-hybridized carbons (Fsp3) is 0.625. The Labute approximate surface area is 117 Å². The Morgan fingerprint density at radius 2 is 1.95 bits per heavy atom. The molecule has 0 aliphatic carbocycles. The smallest absolute Gasteiger partial charge is 0.122 e. The highest BCUT2D eigenvalue weighted by Gasteiger charge is 2.11. The van der Waals surface area contributed by atoms with Gasteiger partial charge in [-0.1, -0.05) is 32.0 Å². The van der Waals surface area contributed by atoms with Gasteiger partial charge < -0.3 is 15.2 Å². The number of hydrogen-bond acceptors (Lipinski definition) is 3. The minimum absolute atomic E-state index is 0.0979. The van der Waals surface area contributed by atoms with Gasteiger partial charge in [0.05, 0.1) is 12.7 Å². The molecule has 0 aliphatic heterocycles. The van der Waals surface area contributed by atoms with E-state index in [9.17, 15) is 0 Å². The Hall–Kier alpha value is -1.06. The Morgan fingerprint density at radius 1 is 1.21 bits per heavy atom. The first-order valence-electron chi connectivity index (χ1n) is 7.26. The number of rotatable bonds is 9. The fourth-order valence-corrected chi connectivity index (χ4v) is 2.04. The van der Waals surface area contributed by atoms with Crippen LogP contribution in [0.3, 0.4) is 0 Å². The van der Waals surface area contributed by atoms with E-state index >= 15 is 0 Å². The van der Waals surface area contributed by atoms with E-state index in [4.69, 9.17) is 15.2 Å². The third-order valence-electron chi connectivity index (χ3n) is 3.42. The molecule has 0 aromatic heterocycles. The Kier molecular flexibility index (Phi) is 7.53. The van der Waals surface area contributed by atoms with Gasteiger partial charge in [0.25, 0.3) is 0 Å². The molecule has 0 bridgehead atoms. The van der Waals surface area contributed by atoms with E-state index < -0.39 is 0 Å². The normalized spacial score (nSPS) is 14.1. The molecule has 0 aliphatic rings. The number of para-hydroxylation sites is 1. The summed E-state index contributed by atoms with van der Waals surface area (Å²) >= 11 is 0. The Balaban J connectivity index is 2.53. The highest BCUT2D eigenvalue weighted by molar-refractivity contribution is 5.35. The quantitative estimate of drug-likeness (QED) is 0.745. The number of hydrogen-bond donors (Lipinski definition) is 1. The first-order valence-corrected chi connectivity index (χ1v) is 7.26. The molecular weight excluding hydrogens is 238 g/mol. The van der Waals surface area contributed by atoms with Crippen molar-refractivity contribution in [3.05, 3.63) is 29.8 Å². The van der Waals surface area contributed by atoms with Gasteiger partial charge in [0, 0.05) is 19.6 Å². The van der Waals surface area contributed by atoms with Crippen LogP contribution in [-0.2, 0) is 4.74 Å². The molecule has 0 radical (unpaired) electrons. The lowest BCUT2D eigenvalue weighted by Crippen LogP contribution is -2.26. The molecule has 1 aromatic carbocycles. The second kappa shape index (κ2) is 8.94. The summed E-state index contributed by atoms with van der Waals surface area (Å²) in [5.74, 6) is 1.51. The lowest BCUT2D eigenvalue weighted by Gasteiger charge is -2.18. The minimum atomic E-state index is 0.0979. The topological polar surface area (TPSA) is 44.5 Å². The predicted molar refractivity (Wildman–Crippen MR) is 79.7 cm³/mol. The molecule has 0 saturated carbocycles. The van der Waals surface area contributed by atoms with Gasteiger partial charge in [-0.25, -0.2) is 0 Å². The molecule has 0 spiro atoms. The summed E-state index contributed by atoms with van der Waals surface area (Å²) in [7, 11) is 0. The average molecular weight is 265 g/mol. The van der Waals surface area contributed by atoms with Crippen LogP contribution < -0.4 is 10.5 Å². The van der Waals surface area contributed by atoms with Crippen molar-refractivity contribution in [3.8, 4) is 5.75 Å². The summed E-state index contributed by atoms with van der Waals surface area (Å²) < 4.78 is 11.4. The van der Waals surface area contributed by atoms with Crippen molar-refractivity contribution in [3.63, 3.8) is 0 Å². The van der Waals surface area contributed by atoms with Gasteiger partial charge in [0.15, 0.2) is 0 Å². The number of ether oxygens (including phenoxy) is 2. The van der Waals surface area contributed by atoms with Crippen LogP contribution in [0.5, 0.6) is 5.75 Å². The van der Waals surface area contributed by atoms with Gasteiger partial charge in [-0.3, -0.25) is 0 Å². The molecule has 0 heterocycles. The molecule has 1 rings (SSSR count). The molecule has 2 N–H and O–H groups in total. The fourth-order valence-electron chi connectivity index (χ4n) is 2.04. The summed E-state index contributed by atoms with van der Waals surface area (Å²) in [6, 6.07) is 8.27. The van der Waals surface area contributed by atoms with Gasteiger partial charge in [0.1, 0.15) is 5.75 Å².